The van der Waals surface area contributed by atoms with Crippen molar-refractivity contribution in [1.29, 1.82) is 0 Å². The summed E-state index contributed by atoms with van der Waals surface area (Å²) in [6, 6.07) is 9.96. The standard InChI is InChI=1S/C18H15BrN4O4/c19-11-2-5-13(6-3-11)27-14-7-4-12(10-20-14)23-9-1-8-18(23)15(24)21-17(26)22-16(18)25/h2-7,10H,1,8-9H2,(H2,21,22,24,25,26). The molecule has 0 saturated carbocycles. The lowest BCUT2D eigenvalue weighted by atomic mass is 9.92. The van der Waals surface area contributed by atoms with Crippen molar-refractivity contribution in [3.8, 4) is 11.6 Å². The summed E-state index contributed by atoms with van der Waals surface area (Å²) in [6.45, 7) is 0.504. The molecule has 1 aromatic heterocycles. The van der Waals surface area contributed by atoms with Gasteiger partial charge in [0.15, 0.2) is 5.54 Å². The lowest BCUT2D eigenvalue weighted by molar-refractivity contribution is -0.137. The Kier molecular flexibility index (Phi) is 4.31. The van der Waals surface area contributed by atoms with E-state index in [-0.39, 0.29) is 0 Å². The quantitative estimate of drug-likeness (QED) is 0.724. The zero-order chi connectivity index (χ0) is 19.0. The lowest BCUT2D eigenvalue weighted by Crippen LogP contribution is -2.71. The van der Waals surface area contributed by atoms with E-state index in [4.69, 9.17) is 4.74 Å². The summed E-state index contributed by atoms with van der Waals surface area (Å²) in [5.41, 5.74) is -0.820. The Labute approximate surface area is 163 Å². The summed E-state index contributed by atoms with van der Waals surface area (Å²) >= 11 is 3.36. The molecule has 1 spiro atoms. The zero-order valence-electron chi connectivity index (χ0n) is 14.1. The average Bonchev–Trinajstić information content (AvgIpc) is 3.09. The molecule has 2 fully saturated rings. The number of pyridine rings is 1. The normalized spacial score (nSPS) is 18.4. The topological polar surface area (TPSA) is 101 Å². The predicted molar refractivity (Wildman–Crippen MR) is 99.4 cm³/mol. The number of urea groups is 1. The molecular formula is C18H15BrN4O4. The first-order chi connectivity index (χ1) is 13.0. The van der Waals surface area contributed by atoms with E-state index in [0.29, 0.717) is 36.7 Å². The largest absolute Gasteiger partial charge is 0.439 e. The van der Waals surface area contributed by atoms with E-state index in [9.17, 15) is 14.4 Å². The van der Waals surface area contributed by atoms with Gasteiger partial charge in [-0.05, 0) is 43.2 Å². The van der Waals surface area contributed by atoms with Crippen LogP contribution in [0.15, 0.2) is 47.1 Å². The highest BCUT2D eigenvalue weighted by Crippen LogP contribution is 2.36. The molecule has 9 heteroatoms. The van der Waals surface area contributed by atoms with Crippen molar-refractivity contribution in [2.75, 3.05) is 11.4 Å². The Morgan fingerprint density at radius 2 is 1.74 bits per heavy atom. The third kappa shape index (κ3) is 3.03. The number of aromatic nitrogens is 1. The minimum atomic E-state index is -1.43. The molecule has 0 aliphatic carbocycles. The molecule has 2 aliphatic rings. The third-order valence-corrected chi connectivity index (χ3v) is 5.18. The fourth-order valence-corrected chi connectivity index (χ4v) is 3.67. The van der Waals surface area contributed by atoms with E-state index in [2.05, 4.69) is 31.5 Å². The van der Waals surface area contributed by atoms with Crippen molar-refractivity contribution < 1.29 is 19.1 Å². The van der Waals surface area contributed by atoms with Gasteiger partial charge in [-0.1, -0.05) is 15.9 Å². The van der Waals surface area contributed by atoms with Gasteiger partial charge in [0.25, 0.3) is 11.8 Å². The van der Waals surface area contributed by atoms with Crippen molar-refractivity contribution in [2.24, 2.45) is 0 Å². The van der Waals surface area contributed by atoms with Crippen LogP contribution in [0.5, 0.6) is 11.6 Å². The number of ether oxygens (including phenoxy) is 1. The van der Waals surface area contributed by atoms with E-state index < -0.39 is 23.4 Å². The van der Waals surface area contributed by atoms with Crippen molar-refractivity contribution in [1.82, 2.24) is 15.6 Å². The lowest BCUT2D eigenvalue weighted by Gasteiger charge is -2.38. The second kappa shape index (κ2) is 6.66. The average molecular weight is 431 g/mol. The molecule has 2 N–H and O–H groups in total. The number of amides is 4. The van der Waals surface area contributed by atoms with Gasteiger partial charge in [0.05, 0.1) is 11.9 Å². The monoisotopic (exact) mass is 430 g/mol. The summed E-state index contributed by atoms with van der Waals surface area (Å²) in [5, 5.41) is 4.38. The van der Waals surface area contributed by atoms with Crippen molar-refractivity contribution in [2.45, 2.75) is 18.4 Å². The van der Waals surface area contributed by atoms with Crippen LogP contribution in [0.25, 0.3) is 0 Å². The second-order valence-electron chi connectivity index (χ2n) is 6.26. The molecule has 27 heavy (non-hydrogen) atoms. The molecular weight excluding hydrogens is 416 g/mol. The second-order valence-corrected chi connectivity index (χ2v) is 7.18. The molecule has 4 amide bonds. The fraction of sp³-hybridized carbons (Fsp3) is 0.222. The van der Waals surface area contributed by atoms with Crippen LogP contribution in [0.1, 0.15) is 12.8 Å². The van der Waals surface area contributed by atoms with Gasteiger partial charge in [-0.3, -0.25) is 20.2 Å². The minimum Gasteiger partial charge on any atom is -0.439 e. The number of benzene rings is 1. The Morgan fingerprint density at radius 1 is 1.04 bits per heavy atom. The van der Waals surface area contributed by atoms with E-state index in [1.807, 2.05) is 24.3 Å². The first-order valence-electron chi connectivity index (χ1n) is 8.33. The molecule has 2 aromatic rings. The number of hydrogen-bond acceptors (Lipinski definition) is 6. The molecule has 2 saturated heterocycles. The highest BCUT2D eigenvalue weighted by atomic mass is 79.9. The molecule has 1 aromatic carbocycles. The maximum atomic E-state index is 12.5. The molecule has 138 valence electrons. The van der Waals surface area contributed by atoms with Crippen LogP contribution in [-0.4, -0.2) is 34.9 Å². The molecule has 0 atom stereocenters. The highest BCUT2D eigenvalue weighted by Gasteiger charge is 2.57. The third-order valence-electron chi connectivity index (χ3n) is 4.65. The first kappa shape index (κ1) is 17.5. The number of anilines is 1. The number of barbiturate groups is 1. The number of carbonyl (C=O) groups excluding carboxylic acids is 3. The molecule has 0 bridgehead atoms. The van der Waals surface area contributed by atoms with E-state index >= 15 is 0 Å². The van der Waals surface area contributed by atoms with Crippen LogP contribution in [0, 0.1) is 0 Å². The number of halogens is 1. The van der Waals surface area contributed by atoms with Gasteiger partial charge < -0.3 is 9.64 Å². The van der Waals surface area contributed by atoms with Gasteiger partial charge in [-0.25, -0.2) is 9.78 Å². The Bertz CT molecular complexity index is 894. The smallest absolute Gasteiger partial charge is 0.328 e. The van der Waals surface area contributed by atoms with Gasteiger partial charge in [0.2, 0.25) is 5.88 Å². The van der Waals surface area contributed by atoms with Crippen molar-refractivity contribution in [3.05, 3.63) is 47.1 Å². The Hall–Kier alpha value is -2.94. The first-order valence-corrected chi connectivity index (χ1v) is 9.12. The maximum absolute atomic E-state index is 12.5. The Balaban J connectivity index is 1.58. The fourth-order valence-electron chi connectivity index (χ4n) is 3.40. The highest BCUT2D eigenvalue weighted by molar-refractivity contribution is 9.10. The SMILES string of the molecule is O=C1NC(=O)C2(CCCN2c2ccc(Oc3ccc(Br)cc3)nc2)C(=O)N1. The van der Waals surface area contributed by atoms with E-state index in [0.717, 1.165) is 4.47 Å². The molecule has 3 heterocycles. The molecule has 2 aliphatic heterocycles. The summed E-state index contributed by atoms with van der Waals surface area (Å²) < 4.78 is 6.64. The number of carbonyl (C=O) groups is 3. The van der Waals surface area contributed by atoms with Gasteiger partial charge in [0, 0.05) is 17.1 Å². The van der Waals surface area contributed by atoms with Gasteiger partial charge in [-0.15, -0.1) is 0 Å². The summed E-state index contributed by atoms with van der Waals surface area (Å²) in [4.78, 5) is 42.3. The van der Waals surface area contributed by atoms with Crippen LogP contribution in [-0.2, 0) is 9.59 Å². The summed E-state index contributed by atoms with van der Waals surface area (Å²) in [6.07, 6.45) is 2.53. The number of nitrogens with one attached hydrogen (secondary N) is 2. The van der Waals surface area contributed by atoms with Gasteiger partial charge >= 0.3 is 6.03 Å². The molecule has 4 rings (SSSR count). The van der Waals surface area contributed by atoms with Gasteiger partial charge in [0.1, 0.15) is 5.75 Å². The zero-order valence-corrected chi connectivity index (χ0v) is 15.7. The Morgan fingerprint density at radius 3 is 2.37 bits per heavy atom. The summed E-state index contributed by atoms with van der Waals surface area (Å²) in [7, 11) is 0. The van der Waals surface area contributed by atoms with Crippen molar-refractivity contribution in [3.63, 3.8) is 0 Å². The summed E-state index contributed by atoms with van der Waals surface area (Å²) in [5.74, 6) is -0.185. The maximum Gasteiger partial charge on any atom is 0.328 e. The van der Waals surface area contributed by atoms with Crippen LogP contribution < -0.4 is 20.3 Å². The van der Waals surface area contributed by atoms with Crippen LogP contribution in [0.3, 0.4) is 0 Å². The van der Waals surface area contributed by atoms with Crippen LogP contribution in [0.4, 0.5) is 10.5 Å². The van der Waals surface area contributed by atoms with Gasteiger partial charge in [-0.2, -0.15) is 0 Å². The van der Waals surface area contributed by atoms with Crippen LogP contribution >= 0.6 is 15.9 Å². The number of rotatable bonds is 3. The minimum absolute atomic E-state index is 0.328. The number of hydrogen-bond donors (Lipinski definition) is 2. The van der Waals surface area contributed by atoms with E-state index in [1.54, 1.807) is 23.2 Å². The molecule has 0 unspecified atom stereocenters. The molecule has 8 nitrogen and oxygen atoms in total. The van der Waals surface area contributed by atoms with Crippen LogP contribution in [0.2, 0.25) is 0 Å². The number of imide groups is 2. The van der Waals surface area contributed by atoms with Crippen molar-refractivity contribution >= 4 is 39.5 Å². The van der Waals surface area contributed by atoms with E-state index in [1.165, 1.54) is 0 Å². The predicted octanol–water partition coefficient (Wildman–Crippen LogP) is 2.34. The molecule has 0 radical (unpaired) electrons. The number of nitrogens with zero attached hydrogens (tertiary/aromatic N) is 2.